The van der Waals surface area contributed by atoms with Crippen molar-refractivity contribution < 1.29 is 27.6 Å². The van der Waals surface area contributed by atoms with Gasteiger partial charge in [-0.05, 0) is 59.7 Å². The first kappa shape index (κ1) is 21.0. The van der Waals surface area contributed by atoms with E-state index in [1.807, 2.05) is 0 Å². The molecule has 160 valence electrons. The van der Waals surface area contributed by atoms with Gasteiger partial charge in [-0.2, -0.15) is 0 Å². The van der Waals surface area contributed by atoms with Crippen LogP contribution in [0.15, 0.2) is 66.2 Å². The molecule has 1 aliphatic rings. The van der Waals surface area contributed by atoms with E-state index in [1.54, 1.807) is 0 Å². The molecule has 3 aromatic carbocycles. The van der Waals surface area contributed by atoms with Gasteiger partial charge in [-0.3, -0.25) is 14.4 Å². The van der Waals surface area contributed by atoms with Crippen LogP contribution in [0.4, 0.5) is 18.9 Å². The van der Waals surface area contributed by atoms with Crippen molar-refractivity contribution in [2.75, 3.05) is 5.32 Å². The van der Waals surface area contributed by atoms with Crippen LogP contribution in [-0.4, -0.2) is 17.6 Å². The number of carbonyl (C=O) groups is 3. The molecule has 0 aliphatic carbocycles. The van der Waals surface area contributed by atoms with E-state index in [0.717, 1.165) is 18.2 Å². The molecule has 0 saturated carbocycles. The molecule has 3 aromatic rings. The van der Waals surface area contributed by atoms with Crippen LogP contribution in [0.25, 0.3) is 6.08 Å². The molecule has 8 heteroatoms. The van der Waals surface area contributed by atoms with Gasteiger partial charge in [0.05, 0.1) is 11.3 Å². The first-order chi connectivity index (χ1) is 15.3. The van der Waals surface area contributed by atoms with E-state index in [9.17, 15) is 27.6 Å². The number of carbonyl (C=O) groups excluding carboxylic acids is 3. The molecule has 5 nitrogen and oxygen atoms in total. The van der Waals surface area contributed by atoms with Gasteiger partial charge < -0.3 is 10.6 Å². The molecule has 0 unspecified atom stereocenters. The Hall–Kier alpha value is -4.20. The Morgan fingerprint density at radius 1 is 0.906 bits per heavy atom. The average Bonchev–Trinajstić information content (AvgIpc) is 2.78. The molecule has 2 amide bonds. The fourth-order valence-electron chi connectivity index (χ4n) is 3.21. The van der Waals surface area contributed by atoms with Gasteiger partial charge in [0.25, 0.3) is 11.8 Å². The SMILES string of the molecule is O=C1Nc2ccc(C(=O)NCc3ccc(F)cc3)cc2C(=O)/C1=C\c1ccc(F)c(F)c1. The summed E-state index contributed by atoms with van der Waals surface area (Å²) in [7, 11) is 0. The van der Waals surface area contributed by atoms with Crippen LogP contribution < -0.4 is 10.6 Å². The molecule has 0 saturated heterocycles. The van der Waals surface area contributed by atoms with Crippen LogP contribution >= 0.6 is 0 Å². The molecule has 2 N–H and O–H groups in total. The molecule has 1 heterocycles. The summed E-state index contributed by atoms with van der Waals surface area (Å²) in [6, 6.07) is 12.9. The number of anilines is 1. The summed E-state index contributed by atoms with van der Waals surface area (Å²) < 4.78 is 39.6. The molecular formula is C24H15F3N2O3. The minimum atomic E-state index is -1.11. The minimum absolute atomic E-state index is 0.0906. The Bertz CT molecular complexity index is 1280. The Morgan fingerprint density at radius 3 is 2.38 bits per heavy atom. The maximum Gasteiger partial charge on any atom is 0.259 e. The second-order valence-corrected chi connectivity index (χ2v) is 7.08. The third-order valence-corrected chi connectivity index (χ3v) is 4.88. The summed E-state index contributed by atoms with van der Waals surface area (Å²) in [6.45, 7) is 0.155. The van der Waals surface area contributed by atoms with Crippen molar-refractivity contribution in [1.82, 2.24) is 5.32 Å². The van der Waals surface area contributed by atoms with Gasteiger partial charge in [0, 0.05) is 17.7 Å². The van der Waals surface area contributed by atoms with Crippen LogP contribution in [0.2, 0.25) is 0 Å². The monoisotopic (exact) mass is 436 g/mol. The van der Waals surface area contributed by atoms with Gasteiger partial charge in [-0.25, -0.2) is 13.2 Å². The third-order valence-electron chi connectivity index (χ3n) is 4.88. The highest BCUT2D eigenvalue weighted by Gasteiger charge is 2.29. The van der Waals surface area contributed by atoms with E-state index in [4.69, 9.17) is 0 Å². The predicted molar refractivity (Wildman–Crippen MR) is 111 cm³/mol. The molecule has 0 bridgehead atoms. The number of ketones is 1. The molecule has 1 aliphatic heterocycles. The van der Waals surface area contributed by atoms with Crippen molar-refractivity contribution in [3.63, 3.8) is 0 Å². The Labute approximate surface area is 180 Å². The predicted octanol–water partition coefficient (Wildman–Crippen LogP) is 4.25. The number of Topliss-reactive ketones (excluding diaryl/α,β-unsaturated/α-hetero) is 1. The van der Waals surface area contributed by atoms with E-state index in [2.05, 4.69) is 10.6 Å². The van der Waals surface area contributed by atoms with E-state index < -0.39 is 29.2 Å². The van der Waals surface area contributed by atoms with Crippen molar-refractivity contribution in [2.45, 2.75) is 6.54 Å². The van der Waals surface area contributed by atoms with E-state index >= 15 is 0 Å². The standard InChI is InChI=1S/C24H15F3N2O3/c25-16-5-1-13(2-6-16)12-28-23(31)15-4-8-21-17(11-15)22(30)18(24(32)29-21)9-14-3-7-19(26)20(27)10-14/h1-11H,12H2,(H,28,31)(H,29,32)/b18-9+. The van der Waals surface area contributed by atoms with Gasteiger partial charge in [0.2, 0.25) is 5.78 Å². The number of fused-ring (bicyclic) bond motifs is 1. The second-order valence-electron chi connectivity index (χ2n) is 7.08. The molecule has 0 radical (unpaired) electrons. The van der Waals surface area contributed by atoms with Gasteiger partial charge in [-0.15, -0.1) is 0 Å². The van der Waals surface area contributed by atoms with E-state index in [1.165, 1.54) is 48.5 Å². The molecule has 0 atom stereocenters. The summed E-state index contributed by atoms with van der Waals surface area (Å²) in [6.07, 6.45) is 1.16. The third kappa shape index (κ3) is 4.29. The zero-order valence-electron chi connectivity index (χ0n) is 16.4. The maximum absolute atomic E-state index is 13.5. The fourth-order valence-corrected chi connectivity index (χ4v) is 3.21. The Kier molecular flexibility index (Phi) is 5.59. The lowest BCUT2D eigenvalue weighted by molar-refractivity contribution is -0.112. The maximum atomic E-state index is 13.5. The average molecular weight is 436 g/mol. The summed E-state index contributed by atoms with van der Waals surface area (Å²) >= 11 is 0. The number of rotatable bonds is 4. The highest BCUT2D eigenvalue weighted by atomic mass is 19.2. The zero-order chi connectivity index (χ0) is 22.8. The smallest absolute Gasteiger partial charge is 0.259 e. The van der Waals surface area contributed by atoms with Crippen LogP contribution in [0.5, 0.6) is 0 Å². The van der Waals surface area contributed by atoms with Crippen LogP contribution in [0.3, 0.4) is 0 Å². The fraction of sp³-hybridized carbons (Fsp3) is 0.0417. The first-order valence-corrected chi connectivity index (χ1v) is 9.51. The highest BCUT2D eigenvalue weighted by molar-refractivity contribution is 6.36. The van der Waals surface area contributed by atoms with Crippen LogP contribution in [0.1, 0.15) is 31.8 Å². The molecule has 0 spiro atoms. The first-order valence-electron chi connectivity index (χ1n) is 9.51. The molecule has 0 fully saturated rings. The normalized spacial score (nSPS) is 14.2. The van der Waals surface area contributed by atoms with Crippen molar-refractivity contribution in [2.24, 2.45) is 0 Å². The number of hydrogen-bond acceptors (Lipinski definition) is 3. The summed E-state index contributed by atoms with van der Waals surface area (Å²) in [5.41, 5.74) is 1.07. The quantitative estimate of drug-likeness (QED) is 0.474. The van der Waals surface area contributed by atoms with Crippen LogP contribution in [-0.2, 0) is 11.3 Å². The number of nitrogens with one attached hydrogen (secondary N) is 2. The zero-order valence-corrected chi connectivity index (χ0v) is 16.4. The van der Waals surface area contributed by atoms with Crippen molar-refractivity contribution >= 4 is 29.4 Å². The lowest BCUT2D eigenvalue weighted by Crippen LogP contribution is -2.28. The summed E-state index contributed by atoms with van der Waals surface area (Å²) in [5, 5.41) is 5.23. The lowest BCUT2D eigenvalue weighted by Gasteiger charge is -2.19. The molecule has 0 aromatic heterocycles. The Morgan fingerprint density at radius 2 is 1.66 bits per heavy atom. The van der Waals surface area contributed by atoms with E-state index in [-0.39, 0.29) is 40.3 Å². The largest absolute Gasteiger partial charge is 0.348 e. The number of hydrogen-bond donors (Lipinski definition) is 2. The summed E-state index contributed by atoms with van der Waals surface area (Å²) in [5.74, 6) is -4.35. The van der Waals surface area contributed by atoms with Crippen LogP contribution in [0, 0.1) is 17.5 Å². The summed E-state index contributed by atoms with van der Waals surface area (Å²) in [4.78, 5) is 37.8. The highest BCUT2D eigenvalue weighted by Crippen LogP contribution is 2.28. The molecule has 32 heavy (non-hydrogen) atoms. The number of amides is 2. The lowest BCUT2D eigenvalue weighted by atomic mass is 9.93. The van der Waals surface area contributed by atoms with Gasteiger partial charge in [0.1, 0.15) is 5.82 Å². The van der Waals surface area contributed by atoms with Crippen molar-refractivity contribution in [1.29, 1.82) is 0 Å². The molecular weight excluding hydrogens is 421 g/mol. The second kappa shape index (κ2) is 8.50. The van der Waals surface area contributed by atoms with Gasteiger partial charge in [0.15, 0.2) is 11.6 Å². The number of benzene rings is 3. The van der Waals surface area contributed by atoms with E-state index in [0.29, 0.717) is 5.56 Å². The van der Waals surface area contributed by atoms with Gasteiger partial charge in [-0.1, -0.05) is 18.2 Å². The topological polar surface area (TPSA) is 75.3 Å². The van der Waals surface area contributed by atoms with Gasteiger partial charge >= 0.3 is 0 Å². The van der Waals surface area contributed by atoms with Crippen molar-refractivity contribution in [3.8, 4) is 0 Å². The number of halogens is 3. The molecule has 4 rings (SSSR count). The minimum Gasteiger partial charge on any atom is -0.348 e. The van der Waals surface area contributed by atoms with Crippen molar-refractivity contribution in [3.05, 3.63) is 106 Å². The Balaban J connectivity index is 1.57.